The number of benzene rings is 1. The fourth-order valence-corrected chi connectivity index (χ4v) is 2.58. The SMILES string of the molecule is C[C@@H](O)c1cc(F)ccc1Sc1nc(=O)c(=O)[nH]n1C. The van der Waals surface area contributed by atoms with E-state index in [9.17, 15) is 19.1 Å². The molecule has 0 aliphatic carbocycles. The Kier molecular flexibility index (Phi) is 4.05. The molecular weight excluding hydrogens is 285 g/mol. The monoisotopic (exact) mass is 297 g/mol. The van der Waals surface area contributed by atoms with Gasteiger partial charge < -0.3 is 5.11 Å². The lowest BCUT2D eigenvalue weighted by Crippen LogP contribution is -2.33. The molecule has 106 valence electrons. The van der Waals surface area contributed by atoms with Crippen LogP contribution < -0.4 is 11.1 Å². The molecule has 0 aliphatic rings. The van der Waals surface area contributed by atoms with Gasteiger partial charge >= 0.3 is 11.1 Å². The molecule has 0 amide bonds. The molecule has 0 fully saturated rings. The number of aliphatic hydroxyl groups is 1. The van der Waals surface area contributed by atoms with Crippen molar-refractivity contribution in [3.8, 4) is 0 Å². The van der Waals surface area contributed by atoms with E-state index in [1.807, 2.05) is 0 Å². The first-order chi connectivity index (χ1) is 9.38. The maximum atomic E-state index is 13.2. The number of aromatic amines is 1. The van der Waals surface area contributed by atoms with E-state index in [4.69, 9.17) is 0 Å². The Labute approximate surface area is 117 Å². The first-order valence-corrected chi connectivity index (χ1v) is 6.53. The Morgan fingerprint density at radius 3 is 2.80 bits per heavy atom. The number of aromatic nitrogens is 3. The van der Waals surface area contributed by atoms with Crippen molar-refractivity contribution in [3.63, 3.8) is 0 Å². The minimum atomic E-state index is -0.897. The molecule has 2 rings (SSSR count). The van der Waals surface area contributed by atoms with Crippen LogP contribution in [0.3, 0.4) is 0 Å². The summed E-state index contributed by atoms with van der Waals surface area (Å²) >= 11 is 1.06. The van der Waals surface area contributed by atoms with E-state index in [1.165, 1.54) is 36.9 Å². The quantitative estimate of drug-likeness (QED) is 0.819. The minimum Gasteiger partial charge on any atom is -0.389 e. The summed E-state index contributed by atoms with van der Waals surface area (Å²) in [5, 5.41) is 12.2. The fourth-order valence-electron chi connectivity index (χ4n) is 1.59. The Morgan fingerprint density at radius 1 is 1.45 bits per heavy atom. The summed E-state index contributed by atoms with van der Waals surface area (Å²) < 4.78 is 14.5. The summed E-state index contributed by atoms with van der Waals surface area (Å²) in [7, 11) is 1.53. The highest BCUT2D eigenvalue weighted by Gasteiger charge is 2.13. The van der Waals surface area contributed by atoms with E-state index in [0.29, 0.717) is 10.5 Å². The maximum absolute atomic E-state index is 13.2. The van der Waals surface area contributed by atoms with Crippen molar-refractivity contribution >= 4 is 11.8 Å². The predicted molar refractivity (Wildman–Crippen MR) is 71.3 cm³/mol. The number of aryl methyl sites for hydroxylation is 1. The molecule has 0 spiro atoms. The van der Waals surface area contributed by atoms with Gasteiger partial charge in [-0.2, -0.15) is 4.98 Å². The van der Waals surface area contributed by atoms with Crippen LogP contribution in [0.2, 0.25) is 0 Å². The third-order valence-electron chi connectivity index (χ3n) is 2.57. The summed E-state index contributed by atoms with van der Waals surface area (Å²) in [6.07, 6.45) is -0.868. The molecule has 1 aromatic carbocycles. The molecule has 20 heavy (non-hydrogen) atoms. The number of aliphatic hydroxyl groups excluding tert-OH is 1. The van der Waals surface area contributed by atoms with Gasteiger partial charge in [0.15, 0.2) is 5.16 Å². The Hall–Kier alpha value is -1.93. The molecule has 0 saturated carbocycles. The molecule has 0 unspecified atom stereocenters. The lowest BCUT2D eigenvalue weighted by atomic mass is 10.1. The zero-order chi connectivity index (χ0) is 14.9. The van der Waals surface area contributed by atoms with Crippen molar-refractivity contribution in [1.82, 2.24) is 14.8 Å². The smallest absolute Gasteiger partial charge is 0.339 e. The van der Waals surface area contributed by atoms with Gasteiger partial charge in [0.1, 0.15) is 5.82 Å². The second-order valence-corrected chi connectivity index (χ2v) is 5.17. The van der Waals surface area contributed by atoms with Crippen molar-refractivity contribution in [1.29, 1.82) is 0 Å². The molecule has 1 atom stereocenters. The summed E-state index contributed by atoms with van der Waals surface area (Å²) in [5.74, 6) is -0.464. The zero-order valence-electron chi connectivity index (χ0n) is 10.8. The van der Waals surface area contributed by atoms with Gasteiger partial charge in [0, 0.05) is 11.9 Å². The van der Waals surface area contributed by atoms with Gasteiger partial charge in [-0.1, -0.05) is 0 Å². The van der Waals surface area contributed by atoms with Crippen molar-refractivity contribution < 1.29 is 9.50 Å². The van der Waals surface area contributed by atoms with E-state index in [2.05, 4.69) is 10.1 Å². The summed E-state index contributed by atoms with van der Waals surface area (Å²) in [4.78, 5) is 26.6. The fraction of sp³-hybridized carbons (Fsp3) is 0.250. The van der Waals surface area contributed by atoms with Crippen LogP contribution in [0.1, 0.15) is 18.6 Å². The molecule has 0 bridgehead atoms. The number of hydrogen-bond donors (Lipinski definition) is 2. The van der Waals surface area contributed by atoms with E-state index >= 15 is 0 Å². The Bertz CT molecular complexity index is 754. The molecule has 0 saturated heterocycles. The van der Waals surface area contributed by atoms with Crippen LogP contribution in [0.4, 0.5) is 4.39 Å². The standard InChI is InChI=1S/C12H12FN3O3S/c1-6(17)8-5-7(13)3-4-9(8)20-12-14-10(18)11(19)15-16(12)2/h3-6,17H,1-2H3,(H,15,19)/t6-/m1/s1. The van der Waals surface area contributed by atoms with Gasteiger partial charge in [-0.25, -0.2) is 4.39 Å². The van der Waals surface area contributed by atoms with Crippen molar-refractivity contribution in [2.24, 2.45) is 7.05 Å². The van der Waals surface area contributed by atoms with Gasteiger partial charge in [-0.05, 0) is 42.4 Å². The molecule has 8 heteroatoms. The molecular formula is C12H12FN3O3S. The second-order valence-electron chi connectivity index (χ2n) is 4.16. The second kappa shape index (κ2) is 5.59. The molecule has 2 aromatic rings. The summed E-state index contributed by atoms with van der Waals surface area (Å²) in [6.45, 7) is 1.51. The molecule has 6 nitrogen and oxygen atoms in total. The zero-order valence-corrected chi connectivity index (χ0v) is 11.6. The molecule has 0 aliphatic heterocycles. The molecule has 1 heterocycles. The highest BCUT2D eigenvalue weighted by atomic mass is 32.2. The van der Waals surface area contributed by atoms with E-state index in [1.54, 1.807) is 0 Å². The van der Waals surface area contributed by atoms with Gasteiger partial charge in [0.25, 0.3) is 0 Å². The maximum Gasteiger partial charge on any atom is 0.339 e. The lowest BCUT2D eigenvalue weighted by Gasteiger charge is -2.12. The number of nitrogens with one attached hydrogen (secondary N) is 1. The van der Waals surface area contributed by atoms with Gasteiger partial charge in [0.05, 0.1) is 6.10 Å². The highest BCUT2D eigenvalue weighted by Crippen LogP contribution is 2.31. The molecule has 0 radical (unpaired) electrons. The number of nitrogens with zero attached hydrogens (tertiary/aromatic N) is 2. The minimum absolute atomic E-state index is 0.239. The average Bonchev–Trinajstić information content (AvgIpc) is 2.37. The van der Waals surface area contributed by atoms with Crippen LogP contribution in [0.25, 0.3) is 0 Å². The highest BCUT2D eigenvalue weighted by molar-refractivity contribution is 7.99. The van der Waals surface area contributed by atoms with E-state index in [0.717, 1.165) is 11.8 Å². The van der Waals surface area contributed by atoms with Crippen molar-refractivity contribution in [2.45, 2.75) is 23.1 Å². The largest absolute Gasteiger partial charge is 0.389 e. The Morgan fingerprint density at radius 2 is 2.15 bits per heavy atom. The summed E-state index contributed by atoms with van der Waals surface area (Å²) in [6, 6.07) is 3.95. The van der Waals surface area contributed by atoms with Crippen LogP contribution in [-0.2, 0) is 7.05 Å². The normalized spacial score (nSPS) is 12.4. The summed E-state index contributed by atoms with van der Waals surface area (Å²) in [5.41, 5.74) is -1.33. The van der Waals surface area contributed by atoms with Gasteiger partial charge in [-0.15, -0.1) is 0 Å². The lowest BCUT2D eigenvalue weighted by molar-refractivity contribution is 0.196. The van der Waals surface area contributed by atoms with Crippen LogP contribution in [0, 0.1) is 5.82 Å². The van der Waals surface area contributed by atoms with Gasteiger partial charge in [-0.3, -0.25) is 19.4 Å². The van der Waals surface area contributed by atoms with Crippen LogP contribution >= 0.6 is 11.8 Å². The third kappa shape index (κ3) is 2.97. The van der Waals surface area contributed by atoms with E-state index < -0.39 is 23.0 Å². The van der Waals surface area contributed by atoms with Crippen LogP contribution in [0.15, 0.2) is 37.8 Å². The number of H-pyrrole nitrogens is 1. The predicted octanol–water partition coefficient (Wildman–Crippen LogP) is 0.812. The van der Waals surface area contributed by atoms with Gasteiger partial charge in [0.2, 0.25) is 0 Å². The van der Waals surface area contributed by atoms with Crippen LogP contribution in [-0.4, -0.2) is 19.9 Å². The number of hydrogen-bond acceptors (Lipinski definition) is 5. The number of halogens is 1. The topological polar surface area (TPSA) is 88.0 Å². The first-order valence-electron chi connectivity index (χ1n) is 5.71. The average molecular weight is 297 g/mol. The van der Waals surface area contributed by atoms with Crippen molar-refractivity contribution in [2.75, 3.05) is 0 Å². The van der Waals surface area contributed by atoms with Crippen molar-refractivity contribution in [3.05, 3.63) is 50.3 Å². The molecule has 1 aromatic heterocycles. The first kappa shape index (κ1) is 14.5. The van der Waals surface area contributed by atoms with Crippen LogP contribution in [0.5, 0.6) is 0 Å². The van der Waals surface area contributed by atoms with E-state index in [-0.39, 0.29) is 5.16 Å². The Balaban J connectivity index is 2.47. The molecule has 2 N–H and O–H groups in total. The third-order valence-corrected chi connectivity index (χ3v) is 3.71. The number of rotatable bonds is 3.